The van der Waals surface area contributed by atoms with Crippen molar-refractivity contribution in [1.82, 2.24) is 0 Å². The van der Waals surface area contributed by atoms with E-state index in [9.17, 15) is 8.78 Å². The van der Waals surface area contributed by atoms with Crippen LogP contribution in [0.2, 0.25) is 0 Å². The van der Waals surface area contributed by atoms with Gasteiger partial charge in [-0.1, -0.05) is 12.1 Å². The Morgan fingerprint density at radius 2 is 2.14 bits per heavy atom. The Morgan fingerprint density at radius 1 is 1.36 bits per heavy atom. The van der Waals surface area contributed by atoms with Gasteiger partial charge < -0.3 is 5.32 Å². The smallest absolute Gasteiger partial charge is 0.275 e. The van der Waals surface area contributed by atoms with Gasteiger partial charge in [0, 0.05) is 23.0 Å². The Hall–Kier alpha value is -0.640. The third kappa shape index (κ3) is 1.63. The van der Waals surface area contributed by atoms with Gasteiger partial charge in [0.15, 0.2) is 0 Å². The van der Waals surface area contributed by atoms with Crippen LogP contribution in [-0.4, -0.2) is 6.54 Å². The largest absolute Gasteiger partial charge is 0.384 e. The van der Waals surface area contributed by atoms with Gasteiger partial charge in [-0.15, -0.1) is 0 Å². The fourth-order valence-corrected chi connectivity index (χ4v) is 2.17. The maximum atomic E-state index is 13.6. The minimum absolute atomic E-state index is 0.0799. The molecule has 0 unspecified atom stereocenters. The molecule has 1 aliphatic heterocycles. The first kappa shape index (κ1) is 9.90. The number of rotatable bonds is 0. The van der Waals surface area contributed by atoms with Crippen molar-refractivity contribution in [2.75, 3.05) is 11.9 Å². The number of hydrogen-bond acceptors (Lipinski definition) is 1. The average molecular weight is 262 g/mol. The van der Waals surface area contributed by atoms with Crippen LogP contribution >= 0.6 is 15.9 Å². The van der Waals surface area contributed by atoms with Crippen molar-refractivity contribution in [3.05, 3.63) is 28.2 Å². The molecule has 0 atom stereocenters. The van der Waals surface area contributed by atoms with Crippen LogP contribution in [0.3, 0.4) is 0 Å². The Labute approximate surface area is 89.6 Å². The summed E-state index contributed by atoms with van der Waals surface area (Å²) >= 11 is 3.27. The maximum absolute atomic E-state index is 13.6. The lowest BCUT2D eigenvalue weighted by atomic mass is 10.0. The molecule has 1 aliphatic rings. The zero-order valence-electron chi connectivity index (χ0n) is 7.49. The Balaban J connectivity index is 2.56. The topological polar surface area (TPSA) is 12.0 Å². The first-order valence-electron chi connectivity index (χ1n) is 4.52. The van der Waals surface area contributed by atoms with E-state index in [0.717, 1.165) is 0 Å². The van der Waals surface area contributed by atoms with Crippen LogP contribution in [-0.2, 0) is 5.92 Å². The first-order chi connectivity index (χ1) is 6.61. The first-order valence-corrected chi connectivity index (χ1v) is 5.31. The monoisotopic (exact) mass is 261 g/mol. The number of alkyl halides is 2. The van der Waals surface area contributed by atoms with E-state index in [4.69, 9.17) is 0 Å². The molecule has 0 fully saturated rings. The van der Waals surface area contributed by atoms with Crippen LogP contribution in [0.25, 0.3) is 0 Å². The fourth-order valence-electron chi connectivity index (χ4n) is 1.67. The average Bonchev–Trinajstić information content (AvgIpc) is 2.27. The summed E-state index contributed by atoms with van der Waals surface area (Å²) in [6.45, 7) is 0.602. The predicted molar refractivity (Wildman–Crippen MR) is 55.8 cm³/mol. The summed E-state index contributed by atoms with van der Waals surface area (Å²) in [6, 6.07) is 4.90. The Morgan fingerprint density at radius 3 is 2.93 bits per heavy atom. The Kier molecular flexibility index (Phi) is 2.47. The van der Waals surface area contributed by atoms with Gasteiger partial charge in [-0.05, 0) is 28.4 Å². The van der Waals surface area contributed by atoms with Crippen LogP contribution in [0.1, 0.15) is 18.4 Å². The van der Waals surface area contributed by atoms with Crippen molar-refractivity contribution >= 4 is 21.6 Å². The predicted octanol–water partition coefficient (Wildman–Crippen LogP) is 3.75. The van der Waals surface area contributed by atoms with Crippen LogP contribution in [0, 0.1) is 0 Å². The molecule has 1 N–H and O–H groups in total. The van der Waals surface area contributed by atoms with Crippen molar-refractivity contribution in [2.45, 2.75) is 18.8 Å². The maximum Gasteiger partial charge on any atom is 0.275 e. The summed E-state index contributed by atoms with van der Waals surface area (Å²) in [5.74, 6) is -2.71. The van der Waals surface area contributed by atoms with E-state index in [2.05, 4.69) is 21.2 Å². The zero-order chi connectivity index (χ0) is 10.2. The second-order valence-corrected chi connectivity index (χ2v) is 4.25. The van der Waals surface area contributed by atoms with E-state index in [1.165, 1.54) is 6.07 Å². The normalized spacial score (nSPS) is 19.4. The molecule has 0 radical (unpaired) electrons. The quantitative estimate of drug-likeness (QED) is 0.750. The lowest BCUT2D eigenvalue weighted by molar-refractivity contribution is -0.0121. The third-order valence-electron chi connectivity index (χ3n) is 2.38. The molecule has 0 aliphatic carbocycles. The summed E-state index contributed by atoms with van der Waals surface area (Å²) in [6.07, 6.45) is 0.414. The van der Waals surface area contributed by atoms with Crippen molar-refractivity contribution in [2.24, 2.45) is 0 Å². The van der Waals surface area contributed by atoms with Crippen molar-refractivity contribution < 1.29 is 8.78 Å². The number of hydrogen-bond donors (Lipinski definition) is 1. The Bertz CT molecular complexity index is 352. The molecule has 4 heteroatoms. The summed E-state index contributed by atoms with van der Waals surface area (Å²) in [7, 11) is 0. The van der Waals surface area contributed by atoms with Crippen molar-refractivity contribution in [1.29, 1.82) is 0 Å². The van der Waals surface area contributed by atoms with Crippen LogP contribution in [0.5, 0.6) is 0 Å². The van der Waals surface area contributed by atoms with Gasteiger partial charge in [0.05, 0.1) is 5.69 Å². The molecule has 1 aromatic rings. The number of anilines is 1. The van der Waals surface area contributed by atoms with E-state index in [-0.39, 0.29) is 12.0 Å². The molecule has 0 saturated carbocycles. The highest BCUT2D eigenvalue weighted by Gasteiger charge is 2.35. The molecule has 2 rings (SSSR count). The highest BCUT2D eigenvalue weighted by molar-refractivity contribution is 9.10. The van der Waals surface area contributed by atoms with Gasteiger partial charge in [0.1, 0.15) is 0 Å². The zero-order valence-corrected chi connectivity index (χ0v) is 9.07. The summed E-state index contributed by atoms with van der Waals surface area (Å²) < 4.78 is 27.9. The molecule has 0 amide bonds. The van der Waals surface area contributed by atoms with E-state index >= 15 is 0 Å². The molecule has 0 saturated heterocycles. The minimum atomic E-state index is -2.71. The highest BCUT2D eigenvalue weighted by Crippen LogP contribution is 2.42. The van der Waals surface area contributed by atoms with E-state index in [1.54, 1.807) is 12.1 Å². The SMILES string of the molecule is FC1(F)CCCNc2c(Br)cccc21. The molecule has 1 aromatic carbocycles. The number of nitrogens with one attached hydrogen (secondary N) is 1. The second kappa shape index (κ2) is 3.50. The molecule has 0 bridgehead atoms. The van der Waals surface area contributed by atoms with Gasteiger partial charge in [0.2, 0.25) is 0 Å². The number of fused-ring (bicyclic) bond motifs is 1. The van der Waals surface area contributed by atoms with Crippen LogP contribution < -0.4 is 5.32 Å². The standard InChI is InChI=1S/C10H10BrF2N/c11-8-4-1-3-7-9(8)14-6-2-5-10(7,12)13/h1,3-4,14H,2,5-6H2. The highest BCUT2D eigenvalue weighted by atomic mass is 79.9. The lowest BCUT2D eigenvalue weighted by Gasteiger charge is -2.17. The molecular weight excluding hydrogens is 252 g/mol. The molecular formula is C10H10BrF2N. The van der Waals surface area contributed by atoms with E-state index in [1.807, 2.05) is 0 Å². The third-order valence-corrected chi connectivity index (χ3v) is 3.04. The number of halogens is 3. The van der Waals surface area contributed by atoms with E-state index in [0.29, 0.717) is 23.1 Å². The fraction of sp³-hybridized carbons (Fsp3) is 0.400. The van der Waals surface area contributed by atoms with Crippen molar-refractivity contribution in [3.63, 3.8) is 0 Å². The molecule has 76 valence electrons. The van der Waals surface area contributed by atoms with Gasteiger partial charge in [-0.25, -0.2) is 8.78 Å². The van der Waals surface area contributed by atoms with Crippen molar-refractivity contribution in [3.8, 4) is 0 Å². The summed E-state index contributed by atoms with van der Waals surface area (Å²) in [5, 5.41) is 3.02. The van der Waals surface area contributed by atoms with E-state index < -0.39 is 5.92 Å². The number of benzene rings is 1. The lowest BCUT2D eigenvalue weighted by Crippen LogP contribution is -2.12. The minimum Gasteiger partial charge on any atom is -0.384 e. The van der Waals surface area contributed by atoms with Gasteiger partial charge >= 0.3 is 0 Å². The molecule has 0 spiro atoms. The molecule has 1 heterocycles. The van der Waals surface area contributed by atoms with Crippen LogP contribution in [0.4, 0.5) is 14.5 Å². The molecule has 1 nitrogen and oxygen atoms in total. The summed E-state index contributed by atoms with van der Waals surface area (Å²) in [4.78, 5) is 0. The second-order valence-electron chi connectivity index (χ2n) is 3.40. The van der Waals surface area contributed by atoms with Gasteiger partial charge in [-0.2, -0.15) is 0 Å². The molecule has 14 heavy (non-hydrogen) atoms. The van der Waals surface area contributed by atoms with Gasteiger partial charge in [0.25, 0.3) is 5.92 Å². The molecule has 0 aromatic heterocycles. The van der Waals surface area contributed by atoms with Gasteiger partial charge in [-0.3, -0.25) is 0 Å². The summed E-state index contributed by atoms with van der Waals surface area (Å²) in [5.41, 5.74) is 0.638. The number of para-hydroxylation sites is 1. The van der Waals surface area contributed by atoms with Crippen LogP contribution in [0.15, 0.2) is 22.7 Å².